The minimum absolute atomic E-state index is 0.330. The highest BCUT2D eigenvalue weighted by Crippen LogP contribution is 2.34. The summed E-state index contributed by atoms with van der Waals surface area (Å²) < 4.78 is 0. The summed E-state index contributed by atoms with van der Waals surface area (Å²) in [6.45, 7) is 0.418. The molecule has 0 fully saturated rings. The minimum Gasteiger partial charge on any atom is -0.324 e. The molecule has 88 valence electrons. The van der Waals surface area contributed by atoms with E-state index in [1.54, 1.807) is 0 Å². The predicted molar refractivity (Wildman–Crippen MR) is 65.5 cm³/mol. The first kappa shape index (κ1) is 10.5. The van der Waals surface area contributed by atoms with Crippen LogP contribution in [0.2, 0.25) is 0 Å². The van der Waals surface area contributed by atoms with Gasteiger partial charge in [0.05, 0.1) is 6.54 Å². The molecular weight excluding hydrogens is 212 g/mol. The molecule has 1 unspecified atom stereocenters. The molecule has 0 bridgehead atoms. The molecule has 0 aliphatic heterocycles. The lowest BCUT2D eigenvalue weighted by Gasteiger charge is -2.22. The van der Waals surface area contributed by atoms with Gasteiger partial charge in [0.1, 0.15) is 5.82 Å². The van der Waals surface area contributed by atoms with Crippen molar-refractivity contribution in [2.75, 3.05) is 0 Å². The van der Waals surface area contributed by atoms with E-state index in [0.29, 0.717) is 12.5 Å². The van der Waals surface area contributed by atoms with E-state index in [1.165, 1.54) is 24.0 Å². The SMILES string of the molecule is NCc1nc(C2CCCc3ccccc32)n[nH]1. The summed E-state index contributed by atoms with van der Waals surface area (Å²) in [5.74, 6) is 1.98. The second kappa shape index (κ2) is 4.30. The molecule has 0 radical (unpaired) electrons. The van der Waals surface area contributed by atoms with Gasteiger partial charge in [0.2, 0.25) is 0 Å². The molecule has 17 heavy (non-hydrogen) atoms. The number of aromatic nitrogens is 3. The van der Waals surface area contributed by atoms with Crippen molar-refractivity contribution < 1.29 is 0 Å². The van der Waals surface area contributed by atoms with E-state index in [1.807, 2.05) is 0 Å². The molecule has 3 rings (SSSR count). The minimum atomic E-state index is 0.330. The third-order valence-electron chi connectivity index (χ3n) is 3.42. The van der Waals surface area contributed by atoms with Crippen LogP contribution in [0.3, 0.4) is 0 Å². The fourth-order valence-corrected chi connectivity index (χ4v) is 2.58. The van der Waals surface area contributed by atoms with E-state index in [2.05, 4.69) is 39.4 Å². The zero-order valence-corrected chi connectivity index (χ0v) is 9.69. The topological polar surface area (TPSA) is 67.6 Å². The van der Waals surface area contributed by atoms with Gasteiger partial charge in [-0.2, -0.15) is 5.10 Å². The molecular formula is C13H16N4. The van der Waals surface area contributed by atoms with Crippen molar-refractivity contribution in [1.29, 1.82) is 0 Å². The molecule has 0 spiro atoms. The van der Waals surface area contributed by atoms with Gasteiger partial charge >= 0.3 is 0 Å². The molecule has 1 aliphatic rings. The van der Waals surface area contributed by atoms with Gasteiger partial charge < -0.3 is 5.73 Å². The number of nitrogens with zero attached hydrogens (tertiary/aromatic N) is 2. The maximum absolute atomic E-state index is 5.55. The maximum atomic E-state index is 5.55. The Hall–Kier alpha value is -1.68. The van der Waals surface area contributed by atoms with Gasteiger partial charge in [-0.05, 0) is 30.4 Å². The first-order chi connectivity index (χ1) is 8.38. The quantitative estimate of drug-likeness (QED) is 0.822. The van der Waals surface area contributed by atoms with Crippen molar-refractivity contribution >= 4 is 0 Å². The van der Waals surface area contributed by atoms with Crippen LogP contribution in [0.5, 0.6) is 0 Å². The monoisotopic (exact) mass is 228 g/mol. The highest BCUT2D eigenvalue weighted by molar-refractivity contribution is 5.36. The zero-order chi connectivity index (χ0) is 11.7. The molecule has 1 aromatic carbocycles. The third-order valence-corrected chi connectivity index (χ3v) is 3.42. The van der Waals surface area contributed by atoms with Crippen molar-refractivity contribution in [2.24, 2.45) is 5.73 Å². The summed E-state index contributed by atoms with van der Waals surface area (Å²) in [6.07, 6.45) is 3.49. The standard InChI is InChI=1S/C13H16N4/c14-8-12-15-13(17-16-12)11-7-3-5-9-4-1-2-6-10(9)11/h1-2,4,6,11H,3,5,7-8,14H2,(H,15,16,17). The molecule has 2 aromatic rings. The number of rotatable bonds is 2. The lowest BCUT2D eigenvalue weighted by molar-refractivity contribution is 0.592. The lowest BCUT2D eigenvalue weighted by Crippen LogP contribution is -2.12. The Morgan fingerprint density at radius 1 is 1.35 bits per heavy atom. The number of aryl methyl sites for hydroxylation is 1. The molecule has 0 saturated heterocycles. The Balaban J connectivity index is 1.99. The fourth-order valence-electron chi connectivity index (χ4n) is 2.58. The van der Waals surface area contributed by atoms with Gasteiger partial charge in [-0.1, -0.05) is 24.3 Å². The number of H-pyrrole nitrogens is 1. The Labute approximate surface area is 100 Å². The van der Waals surface area contributed by atoms with E-state index in [4.69, 9.17) is 5.73 Å². The molecule has 4 nitrogen and oxygen atoms in total. The number of hydrogen-bond donors (Lipinski definition) is 2. The Morgan fingerprint density at radius 2 is 2.24 bits per heavy atom. The van der Waals surface area contributed by atoms with E-state index in [9.17, 15) is 0 Å². The number of benzene rings is 1. The number of aromatic amines is 1. The van der Waals surface area contributed by atoms with Gasteiger partial charge in [-0.3, -0.25) is 5.10 Å². The second-order valence-electron chi connectivity index (χ2n) is 4.49. The second-order valence-corrected chi connectivity index (χ2v) is 4.49. The number of nitrogens with one attached hydrogen (secondary N) is 1. The van der Waals surface area contributed by atoms with Crippen molar-refractivity contribution in [2.45, 2.75) is 31.7 Å². The zero-order valence-electron chi connectivity index (χ0n) is 9.69. The van der Waals surface area contributed by atoms with Crippen LogP contribution in [0.15, 0.2) is 24.3 Å². The first-order valence-electron chi connectivity index (χ1n) is 6.07. The molecule has 1 aromatic heterocycles. The smallest absolute Gasteiger partial charge is 0.158 e. The Morgan fingerprint density at radius 3 is 3.06 bits per heavy atom. The highest BCUT2D eigenvalue weighted by atomic mass is 15.2. The van der Waals surface area contributed by atoms with Crippen LogP contribution in [0.4, 0.5) is 0 Å². The van der Waals surface area contributed by atoms with Gasteiger partial charge in [-0.15, -0.1) is 0 Å². The van der Waals surface area contributed by atoms with Crippen molar-refractivity contribution in [3.8, 4) is 0 Å². The number of nitrogens with two attached hydrogens (primary N) is 1. The van der Waals surface area contributed by atoms with E-state index >= 15 is 0 Å². The molecule has 1 aliphatic carbocycles. The van der Waals surface area contributed by atoms with E-state index in [-0.39, 0.29) is 0 Å². The van der Waals surface area contributed by atoms with Gasteiger partial charge in [-0.25, -0.2) is 4.98 Å². The summed E-state index contributed by atoms with van der Waals surface area (Å²) in [7, 11) is 0. The molecule has 0 saturated carbocycles. The van der Waals surface area contributed by atoms with Crippen LogP contribution in [-0.4, -0.2) is 15.2 Å². The molecule has 1 heterocycles. The summed E-state index contributed by atoms with van der Waals surface area (Å²) >= 11 is 0. The number of fused-ring (bicyclic) bond motifs is 1. The molecule has 4 heteroatoms. The van der Waals surface area contributed by atoms with Crippen LogP contribution in [0, 0.1) is 0 Å². The summed E-state index contributed by atoms with van der Waals surface area (Å²) in [5.41, 5.74) is 8.36. The van der Waals surface area contributed by atoms with Gasteiger partial charge in [0, 0.05) is 5.92 Å². The fraction of sp³-hybridized carbons (Fsp3) is 0.385. The summed E-state index contributed by atoms with van der Waals surface area (Å²) in [5, 5.41) is 7.19. The molecule has 3 N–H and O–H groups in total. The van der Waals surface area contributed by atoms with Crippen LogP contribution in [0.25, 0.3) is 0 Å². The van der Waals surface area contributed by atoms with Crippen LogP contribution in [0.1, 0.15) is 41.5 Å². The van der Waals surface area contributed by atoms with Crippen molar-refractivity contribution in [3.63, 3.8) is 0 Å². The van der Waals surface area contributed by atoms with Gasteiger partial charge in [0.25, 0.3) is 0 Å². The lowest BCUT2D eigenvalue weighted by atomic mass is 9.82. The first-order valence-corrected chi connectivity index (χ1v) is 6.07. The van der Waals surface area contributed by atoms with Crippen LogP contribution in [-0.2, 0) is 13.0 Å². The molecule has 0 amide bonds. The average molecular weight is 228 g/mol. The van der Waals surface area contributed by atoms with E-state index in [0.717, 1.165) is 18.1 Å². The average Bonchev–Trinajstić information content (AvgIpc) is 2.87. The number of hydrogen-bond acceptors (Lipinski definition) is 3. The summed E-state index contributed by atoms with van der Waals surface area (Å²) in [4.78, 5) is 4.46. The largest absolute Gasteiger partial charge is 0.324 e. The maximum Gasteiger partial charge on any atom is 0.158 e. The third kappa shape index (κ3) is 1.85. The Bertz CT molecular complexity index is 518. The normalized spacial score (nSPS) is 19.0. The highest BCUT2D eigenvalue weighted by Gasteiger charge is 2.24. The van der Waals surface area contributed by atoms with Crippen LogP contribution < -0.4 is 5.73 Å². The van der Waals surface area contributed by atoms with E-state index < -0.39 is 0 Å². The van der Waals surface area contributed by atoms with Crippen LogP contribution >= 0.6 is 0 Å². The van der Waals surface area contributed by atoms with Gasteiger partial charge in [0.15, 0.2) is 5.82 Å². The predicted octanol–water partition coefficient (Wildman–Crippen LogP) is 1.73. The van der Waals surface area contributed by atoms with Crippen molar-refractivity contribution in [3.05, 3.63) is 47.0 Å². The van der Waals surface area contributed by atoms with Crippen molar-refractivity contribution in [1.82, 2.24) is 15.2 Å². The molecule has 1 atom stereocenters. The Kier molecular flexibility index (Phi) is 2.65. The summed E-state index contributed by atoms with van der Waals surface area (Å²) in [6, 6.07) is 8.59.